The lowest BCUT2D eigenvalue weighted by Crippen LogP contribution is -2.38. The molecule has 0 saturated carbocycles. The van der Waals surface area contributed by atoms with Gasteiger partial charge in [0.2, 0.25) is 5.89 Å². The summed E-state index contributed by atoms with van der Waals surface area (Å²) in [7, 11) is 3.60. The van der Waals surface area contributed by atoms with Crippen molar-refractivity contribution < 1.29 is 8.81 Å². The number of hydrogen-bond acceptors (Lipinski definition) is 4. The Bertz CT molecular complexity index is 700. The molecule has 2 aromatic rings. The summed E-state index contributed by atoms with van der Waals surface area (Å²) in [5.74, 6) is 1.95. The van der Waals surface area contributed by atoms with Gasteiger partial charge in [0.15, 0.2) is 5.96 Å². The summed E-state index contributed by atoms with van der Waals surface area (Å²) in [4.78, 5) is 10.4. The molecule has 0 amide bonds. The maximum absolute atomic E-state index is 13.7. The van der Waals surface area contributed by atoms with Crippen LogP contribution in [0.3, 0.4) is 0 Å². The zero-order chi connectivity index (χ0) is 18.2. The summed E-state index contributed by atoms with van der Waals surface area (Å²) in [6, 6.07) is 6.79. The van der Waals surface area contributed by atoms with Crippen molar-refractivity contribution in [1.82, 2.24) is 15.6 Å². The quantitative estimate of drug-likeness (QED) is 0.279. The number of anilines is 1. The fourth-order valence-corrected chi connectivity index (χ4v) is 2.40. The number of guanidine groups is 1. The van der Waals surface area contributed by atoms with Gasteiger partial charge in [-0.25, -0.2) is 9.37 Å². The Morgan fingerprint density at radius 2 is 2.00 bits per heavy atom. The van der Waals surface area contributed by atoms with E-state index in [4.69, 9.17) is 4.42 Å². The molecule has 2 N–H and O–H groups in total. The van der Waals surface area contributed by atoms with E-state index < -0.39 is 0 Å². The van der Waals surface area contributed by atoms with Gasteiger partial charge in [0.05, 0.1) is 17.9 Å². The van der Waals surface area contributed by atoms with Crippen LogP contribution in [-0.4, -0.2) is 38.1 Å². The lowest BCUT2D eigenvalue weighted by atomic mass is 10.2. The molecule has 0 fully saturated rings. The molecule has 6 nitrogen and oxygen atoms in total. The molecule has 2 rings (SSSR count). The second-order valence-corrected chi connectivity index (χ2v) is 5.83. The standard InChI is InChI=1S/C18H26FN5O.HI/c1-13-14(2)25-17(23-13)12-22-18(20-3)21-10-7-11-24(4)16-9-6-5-8-15(16)19;/h5-6,8-9H,7,10-12H2,1-4H3,(H2,20,21,22);1H. The van der Waals surface area contributed by atoms with E-state index in [-0.39, 0.29) is 29.8 Å². The SMILES string of the molecule is CN=C(NCCCN(C)c1ccccc1F)NCc1nc(C)c(C)o1.I. The summed E-state index contributed by atoms with van der Waals surface area (Å²) >= 11 is 0. The number of benzene rings is 1. The third kappa shape index (κ3) is 6.47. The molecule has 0 spiro atoms. The normalized spacial score (nSPS) is 11.0. The van der Waals surface area contributed by atoms with E-state index in [0.717, 1.165) is 31.0 Å². The van der Waals surface area contributed by atoms with Crippen LogP contribution in [-0.2, 0) is 6.54 Å². The topological polar surface area (TPSA) is 65.7 Å². The van der Waals surface area contributed by atoms with Crippen LogP contribution in [0.1, 0.15) is 23.8 Å². The number of oxazole rings is 1. The van der Waals surface area contributed by atoms with Crippen molar-refractivity contribution in [2.45, 2.75) is 26.8 Å². The largest absolute Gasteiger partial charge is 0.444 e. The van der Waals surface area contributed by atoms with E-state index in [1.165, 1.54) is 6.07 Å². The second-order valence-electron chi connectivity index (χ2n) is 5.83. The van der Waals surface area contributed by atoms with E-state index >= 15 is 0 Å². The van der Waals surface area contributed by atoms with Crippen LogP contribution in [0.5, 0.6) is 0 Å². The van der Waals surface area contributed by atoms with Crippen molar-refractivity contribution in [3.8, 4) is 0 Å². The van der Waals surface area contributed by atoms with Gasteiger partial charge in [-0.1, -0.05) is 12.1 Å². The molecule has 0 bridgehead atoms. The van der Waals surface area contributed by atoms with Gasteiger partial charge in [-0.15, -0.1) is 24.0 Å². The summed E-state index contributed by atoms with van der Waals surface area (Å²) in [6.45, 7) is 5.75. The van der Waals surface area contributed by atoms with Gasteiger partial charge in [-0.05, 0) is 32.4 Å². The van der Waals surface area contributed by atoms with Gasteiger partial charge in [0, 0.05) is 27.2 Å². The van der Waals surface area contributed by atoms with Crippen LogP contribution in [0.15, 0.2) is 33.7 Å². The minimum Gasteiger partial charge on any atom is -0.444 e. The van der Waals surface area contributed by atoms with Gasteiger partial charge >= 0.3 is 0 Å². The zero-order valence-corrected chi connectivity index (χ0v) is 18.0. The summed E-state index contributed by atoms with van der Waals surface area (Å²) in [6.07, 6.45) is 0.850. The molecule has 0 unspecified atom stereocenters. The first-order chi connectivity index (χ1) is 12.0. The minimum absolute atomic E-state index is 0. The predicted octanol–water partition coefficient (Wildman–Crippen LogP) is 3.24. The van der Waals surface area contributed by atoms with E-state index in [9.17, 15) is 4.39 Å². The van der Waals surface area contributed by atoms with Crippen LogP contribution in [0.2, 0.25) is 0 Å². The number of halogens is 2. The zero-order valence-electron chi connectivity index (χ0n) is 15.7. The summed E-state index contributed by atoms with van der Waals surface area (Å²) in [5.41, 5.74) is 1.51. The van der Waals surface area contributed by atoms with Crippen molar-refractivity contribution >= 4 is 35.6 Å². The molecule has 26 heavy (non-hydrogen) atoms. The average Bonchev–Trinajstić information content (AvgIpc) is 2.92. The molecule has 1 aromatic carbocycles. The lowest BCUT2D eigenvalue weighted by Gasteiger charge is -2.20. The van der Waals surface area contributed by atoms with Crippen molar-refractivity contribution in [3.63, 3.8) is 0 Å². The number of nitrogens with one attached hydrogen (secondary N) is 2. The Kier molecular flexibility index (Phi) is 9.39. The van der Waals surface area contributed by atoms with Crippen LogP contribution in [0.4, 0.5) is 10.1 Å². The smallest absolute Gasteiger partial charge is 0.214 e. The number of hydrogen-bond donors (Lipinski definition) is 2. The molecule has 1 heterocycles. The lowest BCUT2D eigenvalue weighted by molar-refractivity contribution is 0.463. The van der Waals surface area contributed by atoms with Crippen molar-refractivity contribution in [2.24, 2.45) is 4.99 Å². The van der Waals surface area contributed by atoms with E-state index in [1.54, 1.807) is 19.2 Å². The maximum Gasteiger partial charge on any atom is 0.214 e. The van der Waals surface area contributed by atoms with Crippen molar-refractivity contribution in [2.75, 3.05) is 32.1 Å². The number of nitrogens with zero attached hydrogens (tertiary/aromatic N) is 3. The summed E-state index contributed by atoms with van der Waals surface area (Å²) in [5, 5.41) is 6.40. The first kappa shape index (κ1) is 22.2. The fourth-order valence-electron chi connectivity index (χ4n) is 2.40. The highest BCUT2D eigenvalue weighted by molar-refractivity contribution is 14.0. The summed E-state index contributed by atoms with van der Waals surface area (Å²) < 4.78 is 19.3. The number of aromatic nitrogens is 1. The Morgan fingerprint density at radius 3 is 2.62 bits per heavy atom. The molecule has 0 atom stereocenters. The Morgan fingerprint density at radius 1 is 1.27 bits per heavy atom. The highest BCUT2D eigenvalue weighted by Gasteiger charge is 2.07. The molecule has 0 radical (unpaired) electrons. The predicted molar refractivity (Wildman–Crippen MR) is 114 cm³/mol. The highest BCUT2D eigenvalue weighted by Crippen LogP contribution is 2.16. The highest BCUT2D eigenvalue weighted by atomic mass is 127. The maximum atomic E-state index is 13.7. The van der Waals surface area contributed by atoms with Crippen molar-refractivity contribution in [1.29, 1.82) is 0 Å². The van der Waals surface area contributed by atoms with Crippen LogP contribution in [0, 0.1) is 19.7 Å². The monoisotopic (exact) mass is 475 g/mol. The van der Waals surface area contributed by atoms with Gasteiger partial charge in [-0.3, -0.25) is 4.99 Å². The molecule has 0 aliphatic carbocycles. The average molecular weight is 475 g/mol. The molecule has 144 valence electrons. The molecule has 0 saturated heterocycles. The number of rotatable bonds is 7. The van der Waals surface area contributed by atoms with E-state index in [2.05, 4.69) is 20.6 Å². The van der Waals surface area contributed by atoms with Crippen LogP contribution in [0.25, 0.3) is 0 Å². The van der Waals surface area contributed by atoms with Gasteiger partial charge in [0.1, 0.15) is 11.6 Å². The molecular weight excluding hydrogens is 448 g/mol. The van der Waals surface area contributed by atoms with Gasteiger partial charge in [-0.2, -0.15) is 0 Å². The number of aliphatic imine (C=N–C) groups is 1. The van der Waals surface area contributed by atoms with E-state index in [1.807, 2.05) is 31.9 Å². The molecule has 0 aliphatic heterocycles. The second kappa shape index (κ2) is 11.0. The third-order valence-electron chi connectivity index (χ3n) is 3.93. The van der Waals surface area contributed by atoms with Crippen molar-refractivity contribution in [3.05, 3.63) is 47.4 Å². The molecular formula is C18H27FIN5O. The van der Waals surface area contributed by atoms with Crippen LogP contribution >= 0.6 is 24.0 Å². The fraction of sp³-hybridized carbons (Fsp3) is 0.444. The van der Waals surface area contributed by atoms with Crippen LogP contribution < -0.4 is 15.5 Å². The first-order valence-corrected chi connectivity index (χ1v) is 8.34. The minimum atomic E-state index is -0.202. The van der Waals surface area contributed by atoms with E-state index in [0.29, 0.717) is 24.1 Å². The van der Waals surface area contributed by atoms with Gasteiger partial charge in [0.25, 0.3) is 0 Å². The Labute approximate surface area is 171 Å². The molecule has 0 aliphatic rings. The third-order valence-corrected chi connectivity index (χ3v) is 3.93. The number of aryl methyl sites for hydroxylation is 2. The molecule has 1 aromatic heterocycles. The number of para-hydroxylation sites is 1. The first-order valence-electron chi connectivity index (χ1n) is 8.34. The Balaban J connectivity index is 0.00000338. The Hall–Kier alpha value is -1.84. The molecule has 8 heteroatoms. The van der Waals surface area contributed by atoms with Gasteiger partial charge < -0.3 is 20.0 Å².